The summed E-state index contributed by atoms with van der Waals surface area (Å²) in [6.45, 7) is -0.0341. The van der Waals surface area contributed by atoms with Crippen molar-refractivity contribution in [2.45, 2.75) is 29.7 Å². The van der Waals surface area contributed by atoms with Gasteiger partial charge in [0.05, 0.1) is 11.5 Å². The lowest BCUT2D eigenvalue weighted by molar-refractivity contribution is 0.0404. The van der Waals surface area contributed by atoms with E-state index < -0.39 is 6.10 Å². The van der Waals surface area contributed by atoms with E-state index in [2.05, 4.69) is 0 Å². The molecular formula is C7H12Cl2O2. The van der Waals surface area contributed by atoms with Crippen LogP contribution in [-0.2, 0) is 0 Å². The number of aliphatic hydroxyl groups excluding tert-OH is 2. The fourth-order valence-corrected chi connectivity index (χ4v) is 2.36. The summed E-state index contributed by atoms with van der Waals surface area (Å²) in [5, 5.41) is 17.9. The second-order valence-electron chi connectivity index (χ2n) is 3.02. The smallest absolute Gasteiger partial charge is 0.0754 e. The first-order valence-corrected chi connectivity index (χ1v) is 4.59. The van der Waals surface area contributed by atoms with Crippen LogP contribution in [0.3, 0.4) is 0 Å². The molecule has 0 spiro atoms. The molecule has 1 aliphatic rings. The predicted octanol–water partition coefficient (Wildman–Crippen LogP) is 0.964. The Morgan fingerprint density at radius 3 is 2.45 bits per heavy atom. The number of rotatable bonds is 1. The summed E-state index contributed by atoms with van der Waals surface area (Å²) in [5.74, 6) is -0.145. The van der Waals surface area contributed by atoms with E-state index in [1.54, 1.807) is 0 Å². The molecule has 4 atom stereocenters. The zero-order chi connectivity index (χ0) is 8.43. The van der Waals surface area contributed by atoms with Crippen molar-refractivity contribution < 1.29 is 10.2 Å². The van der Waals surface area contributed by atoms with Gasteiger partial charge in [-0.2, -0.15) is 0 Å². The molecule has 1 aliphatic carbocycles. The van der Waals surface area contributed by atoms with Crippen LogP contribution >= 0.6 is 23.2 Å². The lowest BCUT2D eigenvalue weighted by atomic mass is 9.86. The summed E-state index contributed by atoms with van der Waals surface area (Å²) in [7, 11) is 0. The molecule has 0 saturated heterocycles. The van der Waals surface area contributed by atoms with Gasteiger partial charge >= 0.3 is 0 Å². The van der Waals surface area contributed by atoms with E-state index in [0.29, 0.717) is 12.8 Å². The van der Waals surface area contributed by atoms with Crippen LogP contribution in [0.25, 0.3) is 0 Å². The molecule has 0 aromatic rings. The maximum Gasteiger partial charge on any atom is 0.0754 e. The third-order valence-corrected chi connectivity index (χ3v) is 2.92. The summed E-state index contributed by atoms with van der Waals surface area (Å²) in [6.07, 6.45) is 0.681. The van der Waals surface area contributed by atoms with Crippen LogP contribution in [0.4, 0.5) is 0 Å². The zero-order valence-electron chi connectivity index (χ0n) is 6.08. The molecule has 1 saturated carbocycles. The summed E-state index contributed by atoms with van der Waals surface area (Å²) in [6, 6.07) is 0. The van der Waals surface area contributed by atoms with Crippen LogP contribution in [0.1, 0.15) is 12.8 Å². The molecule has 1 rings (SSSR count). The molecule has 66 valence electrons. The van der Waals surface area contributed by atoms with Crippen LogP contribution in [-0.4, -0.2) is 33.7 Å². The Labute approximate surface area is 76.1 Å². The van der Waals surface area contributed by atoms with E-state index in [4.69, 9.17) is 28.3 Å². The van der Waals surface area contributed by atoms with Crippen LogP contribution in [0.5, 0.6) is 0 Å². The van der Waals surface area contributed by atoms with E-state index in [1.165, 1.54) is 0 Å². The predicted molar refractivity (Wildman–Crippen MR) is 45.1 cm³/mol. The van der Waals surface area contributed by atoms with Gasteiger partial charge in [0.1, 0.15) is 0 Å². The van der Waals surface area contributed by atoms with E-state index in [9.17, 15) is 5.11 Å². The highest BCUT2D eigenvalue weighted by Gasteiger charge is 2.34. The average molecular weight is 199 g/mol. The minimum Gasteiger partial charge on any atom is -0.396 e. The van der Waals surface area contributed by atoms with Crippen molar-refractivity contribution >= 4 is 23.2 Å². The summed E-state index contributed by atoms with van der Waals surface area (Å²) >= 11 is 11.6. The Bertz CT molecular complexity index is 132. The maximum absolute atomic E-state index is 9.40. The third kappa shape index (κ3) is 2.22. The molecule has 4 heteroatoms. The minimum absolute atomic E-state index is 0.00181. The van der Waals surface area contributed by atoms with Crippen LogP contribution in [0.2, 0.25) is 0 Å². The van der Waals surface area contributed by atoms with Gasteiger partial charge in [-0.3, -0.25) is 0 Å². The molecule has 0 radical (unpaired) electrons. The van der Waals surface area contributed by atoms with Gasteiger partial charge in [-0.15, -0.1) is 23.2 Å². The standard InChI is InChI=1S/C7H12Cl2O2/c8-5-1-4(3-10)7(11)6(9)2-5/h4-7,10-11H,1-3H2/t4-,5+,6-,7+/m0/s1. The van der Waals surface area contributed by atoms with Gasteiger partial charge in [-0.25, -0.2) is 0 Å². The highest BCUT2D eigenvalue weighted by molar-refractivity contribution is 6.24. The van der Waals surface area contributed by atoms with Crippen molar-refractivity contribution in [2.75, 3.05) is 6.61 Å². The van der Waals surface area contributed by atoms with Crippen molar-refractivity contribution in [2.24, 2.45) is 5.92 Å². The summed E-state index contributed by atoms with van der Waals surface area (Å²) in [5.41, 5.74) is 0. The fraction of sp³-hybridized carbons (Fsp3) is 1.00. The van der Waals surface area contributed by atoms with Crippen LogP contribution in [0, 0.1) is 5.92 Å². The average Bonchev–Trinajstić information content (AvgIpc) is 1.96. The van der Waals surface area contributed by atoms with Crippen molar-refractivity contribution in [3.63, 3.8) is 0 Å². The number of halogens is 2. The molecular weight excluding hydrogens is 187 g/mol. The van der Waals surface area contributed by atoms with Gasteiger partial charge in [0.15, 0.2) is 0 Å². The number of hydrogen-bond acceptors (Lipinski definition) is 2. The van der Waals surface area contributed by atoms with E-state index in [-0.39, 0.29) is 23.3 Å². The Morgan fingerprint density at radius 2 is 1.91 bits per heavy atom. The first kappa shape index (κ1) is 9.59. The molecule has 0 unspecified atom stereocenters. The number of hydrogen-bond donors (Lipinski definition) is 2. The summed E-state index contributed by atoms with van der Waals surface area (Å²) < 4.78 is 0. The van der Waals surface area contributed by atoms with E-state index in [1.807, 2.05) is 0 Å². The normalized spacial score (nSPS) is 45.8. The number of aliphatic hydroxyl groups is 2. The monoisotopic (exact) mass is 198 g/mol. The molecule has 0 aliphatic heterocycles. The Kier molecular flexibility index (Phi) is 3.44. The minimum atomic E-state index is -0.600. The first-order valence-electron chi connectivity index (χ1n) is 3.72. The molecule has 0 bridgehead atoms. The lowest BCUT2D eigenvalue weighted by Crippen LogP contribution is -2.40. The Morgan fingerprint density at radius 1 is 1.27 bits per heavy atom. The van der Waals surface area contributed by atoms with Crippen molar-refractivity contribution in [1.29, 1.82) is 0 Å². The van der Waals surface area contributed by atoms with Gasteiger partial charge in [0.2, 0.25) is 0 Å². The van der Waals surface area contributed by atoms with E-state index >= 15 is 0 Å². The molecule has 2 nitrogen and oxygen atoms in total. The second-order valence-corrected chi connectivity index (χ2v) is 4.20. The van der Waals surface area contributed by atoms with Gasteiger partial charge in [0, 0.05) is 17.9 Å². The lowest BCUT2D eigenvalue weighted by Gasteiger charge is -2.32. The first-order chi connectivity index (χ1) is 5.15. The SMILES string of the molecule is OC[C@@H]1C[C@@H](Cl)C[C@H](Cl)[C@@H]1O. The maximum atomic E-state index is 9.40. The van der Waals surface area contributed by atoms with Gasteiger partial charge in [-0.1, -0.05) is 0 Å². The quantitative estimate of drug-likeness (QED) is 0.617. The highest BCUT2D eigenvalue weighted by atomic mass is 35.5. The summed E-state index contributed by atoms with van der Waals surface area (Å²) in [4.78, 5) is 0. The number of alkyl halides is 2. The van der Waals surface area contributed by atoms with Crippen molar-refractivity contribution in [3.05, 3.63) is 0 Å². The molecule has 0 aromatic heterocycles. The Balaban J connectivity index is 2.51. The molecule has 2 N–H and O–H groups in total. The van der Waals surface area contributed by atoms with Crippen molar-refractivity contribution in [1.82, 2.24) is 0 Å². The molecule has 0 heterocycles. The van der Waals surface area contributed by atoms with Crippen LogP contribution < -0.4 is 0 Å². The molecule has 0 amide bonds. The van der Waals surface area contributed by atoms with Gasteiger partial charge < -0.3 is 10.2 Å². The molecule has 0 aromatic carbocycles. The molecule has 11 heavy (non-hydrogen) atoms. The highest BCUT2D eigenvalue weighted by Crippen LogP contribution is 2.31. The van der Waals surface area contributed by atoms with Crippen LogP contribution in [0.15, 0.2) is 0 Å². The topological polar surface area (TPSA) is 40.5 Å². The Hall–Kier alpha value is 0.500. The van der Waals surface area contributed by atoms with Gasteiger partial charge in [-0.05, 0) is 12.8 Å². The molecule has 1 fully saturated rings. The van der Waals surface area contributed by atoms with Gasteiger partial charge in [0.25, 0.3) is 0 Å². The zero-order valence-corrected chi connectivity index (χ0v) is 7.59. The fourth-order valence-electron chi connectivity index (χ4n) is 1.43. The third-order valence-electron chi connectivity index (χ3n) is 2.13. The van der Waals surface area contributed by atoms with Crippen molar-refractivity contribution in [3.8, 4) is 0 Å². The van der Waals surface area contributed by atoms with E-state index in [0.717, 1.165) is 0 Å². The largest absolute Gasteiger partial charge is 0.396 e. The second kappa shape index (κ2) is 3.94.